The van der Waals surface area contributed by atoms with Crippen LogP contribution in [-0.4, -0.2) is 22.9 Å². The smallest absolute Gasteiger partial charge is 0.208 e. The van der Waals surface area contributed by atoms with Crippen LogP contribution in [0.5, 0.6) is 0 Å². The van der Waals surface area contributed by atoms with E-state index < -0.39 is 12.0 Å². The third-order valence-corrected chi connectivity index (χ3v) is 6.88. The molecule has 0 spiro atoms. The van der Waals surface area contributed by atoms with E-state index >= 15 is 0 Å². The number of thioether (sulfide) groups is 2. The van der Waals surface area contributed by atoms with E-state index in [-0.39, 0.29) is 10.2 Å². The minimum atomic E-state index is -0.894. The van der Waals surface area contributed by atoms with Crippen LogP contribution in [-0.2, 0) is 14.3 Å². The molecular weight excluding hydrogens is 424 g/mol. The van der Waals surface area contributed by atoms with Gasteiger partial charge in [0.05, 0.1) is 12.7 Å². The second kappa shape index (κ2) is 10.6. The number of carbonyl (C=O) groups excluding carboxylic acids is 2. The molecule has 0 saturated heterocycles. The van der Waals surface area contributed by atoms with Crippen molar-refractivity contribution in [2.24, 2.45) is 5.92 Å². The van der Waals surface area contributed by atoms with E-state index in [1.54, 1.807) is 0 Å². The maximum Gasteiger partial charge on any atom is 0.208 e. The van der Waals surface area contributed by atoms with Crippen LogP contribution >= 0.6 is 23.5 Å². The van der Waals surface area contributed by atoms with E-state index in [4.69, 9.17) is 4.74 Å². The van der Waals surface area contributed by atoms with E-state index in [1.807, 2.05) is 97.1 Å². The highest BCUT2D eigenvalue weighted by atomic mass is 32.2. The fraction of sp³-hybridized carbons (Fsp3) is 0.154. The molecule has 1 aliphatic rings. The van der Waals surface area contributed by atoms with Crippen molar-refractivity contribution < 1.29 is 14.3 Å². The quantitative estimate of drug-likeness (QED) is 0.337. The Bertz CT molecular complexity index is 996. The van der Waals surface area contributed by atoms with Crippen molar-refractivity contribution in [3.05, 3.63) is 103 Å². The van der Waals surface area contributed by atoms with Gasteiger partial charge < -0.3 is 4.74 Å². The van der Waals surface area contributed by atoms with Crippen LogP contribution in [0.4, 0.5) is 0 Å². The lowest BCUT2D eigenvalue weighted by Gasteiger charge is -2.27. The van der Waals surface area contributed by atoms with Gasteiger partial charge in [-0.15, -0.1) is 0 Å². The SMILES string of the molecule is O=C(Sc1ccccc1)C(C(=O)Sc1ccccc1)C1C=C(c2ccccc2)CCO1. The van der Waals surface area contributed by atoms with E-state index in [0.717, 1.165) is 50.9 Å². The second-order valence-electron chi connectivity index (χ2n) is 7.09. The van der Waals surface area contributed by atoms with Gasteiger partial charge in [-0.3, -0.25) is 9.59 Å². The first-order valence-electron chi connectivity index (χ1n) is 10.1. The van der Waals surface area contributed by atoms with Crippen LogP contribution in [0.1, 0.15) is 12.0 Å². The second-order valence-corrected chi connectivity index (χ2v) is 9.25. The molecule has 1 unspecified atom stereocenters. The van der Waals surface area contributed by atoms with Gasteiger partial charge in [0, 0.05) is 9.79 Å². The van der Waals surface area contributed by atoms with Gasteiger partial charge in [-0.1, -0.05) is 96.3 Å². The third kappa shape index (κ3) is 5.76. The summed E-state index contributed by atoms with van der Waals surface area (Å²) in [5, 5.41) is -0.398. The van der Waals surface area contributed by atoms with Gasteiger partial charge >= 0.3 is 0 Å². The highest BCUT2D eigenvalue weighted by Gasteiger charge is 2.37. The average Bonchev–Trinajstić information content (AvgIpc) is 2.81. The zero-order chi connectivity index (χ0) is 21.5. The van der Waals surface area contributed by atoms with Crippen LogP contribution < -0.4 is 0 Å². The lowest BCUT2D eigenvalue weighted by Crippen LogP contribution is -2.35. The molecule has 3 aromatic rings. The van der Waals surface area contributed by atoms with Crippen molar-refractivity contribution in [1.82, 2.24) is 0 Å². The minimum absolute atomic E-state index is 0.199. The number of benzene rings is 3. The summed E-state index contributed by atoms with van der Waals surface area (Å²) in [4.78, 5) is 28.2. The van der Waals surface area contributed by atoms with Crippen molar-refractivity contribution in [2.75, 3.05) is 6.61 Å². The Morgan fingerprint density at radius 1 is 0.742 bits per heavy atom. The Morgan fingerprint density at radius 2 is 1.23 bits per heavy atom. The number of hydrogen-bond donors (Lipinski definition) is 0. The van der Waals surface area contributed by atoms with Crippen molar-refractivity contribution >= 4 is 39.3 Å². The average molecular weight is 447 g/mol. The Labute approximate surface area is 190 Å². The lowest BCUT2D eigenvalue weighted by atomic mass is 9.94. The van der Waals surface area contributed by atoms with E-state index in [2.05, 4.69) is 0 Å². The molecule has 1 heterocycles. The predicted molar refractivity (Wildman–Crippen MR) is 127 cm³/mol. The highest BCUT2D eigenvalue weighted by molar-refractivity contribution is 8.15. The number of hydrogen-bond acceptors (Lipinski definition) is 5. The number of ether oxygens (including phenoxy) is 1. The van der Waals surface area contributed by atoms with Gasteiger partial charge in [0.1, 0.15) is 5.92 Å². The molecule has 5 heteroatoms. The largest absolute Gasteiger partial charge is 0.372 e. The summed E-state index contributed by atoms with van der Waals surface area (Å²) < 4.78 is 5.96. The van der Waals surface area contributed by atoms with E-state index in [1.165, 1.54) is 0 Å². The summed E-state index contributed by atoms with van der Waals surface area (Å²) in [7, 11) is 0. The summed E-state index contributed by atoms with van der Waals surface area (Å²) in [6.45, 7) is 0.481. The summed E-state index contributed by atoms with van der Waals surface area (Å²) in [6, 6.07) is 28.9. The lowest BCUT2D eigenvalue weighted by molar-refractivity contribution is -0.127. The number of carbonyl (C=O) groups is 2. The van der Waals surface area contributed by atoms with Gasteiger partial charge in [0.15, 0.2) is 0 Å². The third-order valence-electron chi connectivity index (χ3n) is 4.95. The Morgan fingerprint density at radius 3 is 1.74 bits per heavy atom. The van der Waals surface area contributed by atoms with Crippen LogP contribution in [0.25, 0.3) is 5.57 Å². The van der Waals surface area contributed by atoms with Gasteiger partial charge in [-0.2, -0.15) is 0 Å². The minimum Gasteiger partial charge on any atom is -0.372 e. The first-order valence-corrected chi connectivity index (χ1v) is 11.8. The Kier molecular flexibility index (Phi) is 7.41. The van der Waals surface area contributed by atoms with Crippen LogP contribution in [0, 0.1) is 5.92 Å². The molecule has 31 heavy (non-hydrogen) atoms. The molecule has 0 aromatic heterocycles. The van der Waals surface area contributed by atoms with E-state index in [0.29, 0.717) is 6.61 Å². The Hall–Kier alpha value is -2.60. The maximum absolute atomic E-state index is 13.3. The summed E-state index contributed by atoms with van der Waals surface area (Å²) >= 11 is 2.20. The molecule has 0 N–H and O–H groups in total. The summed E-state index contributed by atoms with van der Waals surface area (Å²) in [5.74, 6) is -0.894. The molecule has 4 rings (SSSR count). The fourth-order valence-electron chi connectivity index (χ4n) is 3.42. The molecule has 156 valence electrons. The molecule has 0 bridgehead atoms. The summed E-state index contributed by atoms with van der Waals surface area (Å²) in [6.07, 6.45) is 2.13. The van der Waals surface area contributed by atoms with E-state index in [9.17, 15) is 9.59 Å². The standard InChI is InChI=1S/C26H22O3S2/c27-25(30-21-12-6-2-7-13-21)24(26(28)31-22-14-8-3-9-15-22)23-18-20(16-17-29-23)19-10-4-1-5-11-19/h1-15,18,23-24H,16-17H2. The number of rotatable bonds is 6. The molecule has 1 aliphatic heterocycles. The molecule has 1 atom stereocenters. The molecule has 3 nitrogen and oxygen atoms in total. The van der Waals surface area contributed by atoms with Gasteiger partial charge in [0.2, 0.25) is 10.2 Å². The molecule has 0 aliphatic carbocycles. The monoisotopic (exact) mass is 446 g/mol. The first kappa shape index (κ1) is 21.6. The van der Waals surface area contributed by atoms with Gasteiger partial charge in [0.25, 0.3) is 0 Å². The van der Waals surface area contributed by atoms with Crippen molar-refractivity contribution in [3.63, 3.8) is 0 Å². The van der Waals surface area contributed by atoms with Crippen molar-refractivity contribution in [1.29, 1.82) is 0 Å². The highest BCUT2D eigenvalue weighted by Crippen LogP contribution is 2.34. The molecule has 0 saturated carbocycles. The van der Waals surface area contributed by atoms with Gasteiger partial charge in [-0.25, -0.2) is 0 Å². The zero-order valence-electron chi connectivity index (χ0n) is 16.8. The first-order chi connectivity index (χ1) is 15.2. The zero-order valence-corrected chi connectivity index (χ0v) is 18.5. The van der Waals surface area contributed by atoms with Crippen molar-refractivity contribution in [2.45, 2.75) is 22.3 Å². The molecule has 3 aromatic carbocycles. The normalized spacial score (nSPS) is 16.0. The Balaban J connectivity index is 1.62. The van der Waals surface area contributed by atoms with Crippen LogP contribution in [0.15, 0.2) is 107 Å². The maximum atomic E-state index is 13.3. The fourth-order valence-corrected chi connectivity index (χ4v) is 5.28. The van der Waals surface area contributed by atoms with Gasteiger partial charge in [-0.05, 0) is 41.8 Å². The summed E-state index contributed by atoms with van der Waals surface area (Å²) in [5.41, 5.74) is 2.21. The molecule has 0 amide bonds. The topological polar surface area (TPSA) is 43.4 Å². The molecular formula is C26H22O3S2. The molecule has 0 fully saturated rings. The van der Waals surface area contributed by atoms with Crippen LogP contribution in [0.3, 0.4) is 0 Å². The predicted octanol–water partition coefficient (Wildman–Crippen LogP) is 6.11. The van der Waals surface area contributed by atoms with Crippen molar-refractivity contribution in [3.8, 4) is 0 Å². The van der Waals surface area contributed by atoms with Crippen LogP contribution in [0.2, 0.25) is 0 Å². The molecule has 0 radical (unpaired) electrons.